The van der Waals surface area contributed by atoms with Gasteiger partial charge in [0.25, 0.3) is 5.91 Å². The van der Waals surface area contributed by atoms with Crippen molar-refractivity contribution in [3.8, 4) is 5.75 Å². The third-order valence-corrected chi connectivity index (χ3v) is 5.22. The largest absolute Gasteiger partial charge is 0.479 e. The van der Waals surface area contributed by atoms with Crippen LogP contribution < -0.4 is 15.0 Å². The molecular formula is C24H29N3O4. The van der Waals surface area contributed by atoms with Crippen LogP contribution in [0.25, 0.3) is 0 Å². The molecule has 164 valence electrons. The second-order valence-electron chi connectivity index (χ2n) is 7.65. The summed E-state index contributed by atoms with van der Waals surface area (Å²) in [4.78, 5) is 41.2. The predicted molar refractivity (Wildman–Crippen MR) is 120 cm³/mol. The van der Waals surface area contributed by atoms with Gasteiger partial charge in [-0.3, -0.25) is 14.4 Å². The van der Waals surface area contributed by atoms with Gasteiger partial charge >= 0.3 is 0 Å². The highest BCUT2D eigenvalue weighted by Crippen LogP contribution is 2.33. The first-order valence-corrected chi connectivity index (χ1v) is 10.6. The molecule has 0 saturated heterocycles. The minimum absolute atomic E-state index is 0.0228. The summed E-state index contributed by atoms with van der Waals surface area (Å²) in [7, 11) is 0. The van der Waals surface area contributed by atoms with Crippen molar-refractivity contribution in [2.24, 2.45) is 0 Å². The number of carbonyl (C=O) groups excluding carboxylic acids is 3. The van der Waals surface area contributed by atoms with Crippen molar-refractivity contribution >= 4 is 29.1 Å². The molecule has 0 bridgehead atoms. The van der Waals surface area contributed by atoms with Crippen LogP contribution in [0.3, 0.4) is 0 Å². The van der Waals surface area contributed by atoms with E-state index < -0.39 is 6.10 Å². The molecule has 1 aliphatic heterocycles. The fraction of sp³-hybridized carbons (Fsp3) is 0.375. The Hall–Kier alpha value is -3.35. The number of anilines is 2. The van der Waals surface area contributed by atoms with Crippen LogP contribution >= 0.6 is 0 Å². The van der Waals surface area contributed by atoms with Crippen molar-refractivity contribution in [2.45, 2.75) is 39.7 Å². The van der Waals surface area contributed by atoms with Crippen LogP contribution in [0.15, 0.2) is 48.5 Å². The molecule has 3 amide bonds. The summed E-state index contributed by atoms with van der Waals surface area (Å²) < 4.78 is 5.65. The first-order valence-electron chi connectivity index (χ1n) is 10.6. The topological polar surface area (TPSA) is 79.0 Å². The molecule has 1 atom stereocenters. The second-order valence-corrected chi connectivity index (χ2v) is 7.65. The molecule has 7 nitrogen and oxygen atoms in total. The molecule has 3 rings (SSSR count). The quantitative estimate of drug-likeness (QED) is 0.706. The maximum atomic E-state index is 12.9. The number of aryl methyl sites for hydroxylation is 1. The SMILES string of the molecule is CCCN(CC(=O)Nc1ccccc1C)C(=O)CCN1C(=O)C(C)Oc2ccccc21. The number of hydrogen-bond donors (Lipinski definition) is 1. The van der Waals surface area contributed by atoms with Gasteiger partial charge in [0.2, 0.25) is 11.8 Å². The van der Waals surface area contributed by atoms with Gasteiger partial charge in [0, 0.05) is 25.2 Å². The van der Waals surface area contributed by atoms with E-state index in [1.54, 1.807) is 16.7 Å². The van der Waals surface area contributed by atoms with Crippen molar-refractivity contribution in [1.29, 1.82) is 0 Å². The van der Waals surface area contributed by atoms with Crippen LogP contribution in [0.2, 0.25) is 0 Å². The second kappa shape index (κ2) is 10.1. The van der Waals surface area contributed by atoms with Gasteiger partial charge in [-0.2, -0.15) is 0 Å². The summed E-state index contributed by atoms with van der Waals surface area (Å²) in [5.74, 6) is 0.0552. The number of amides is 3. The van der Waals surface area contributed by atoms with E-state index in [2.05, 4.69) is 5.32 Å². The number of carbonyl (C=O) groups is 3. The fourth-order valence-electron chi connectivity index (χ4n) is 3.59. The Balaban J connectivity index is 1.63. The lowest BCUT2D eigenvalue weighted by atomic mass is 10.1. The molecule has 31 heavy (non-hydrogen) atoms. The van der Waals surface area contributed by atoms with Crippen LogP contribution in [-0.2, 0) is 14.4 Å². The highest BCUT2D eigenvalue weighted by atomic mass is 16.5. The van der Waals surface area contributed by atoms with Crippen molar-refractivity contribution in [2.75, 3.05) is 29.9 Å². The molecule has 1 unspecified atom stereocenters. The van der Waals surface area contributed by atoms with Crippen molar-refractivity contribution in [1.82, 2.24) is 4.90 Å². The molecule has 2 aromatic rings. The van der Waals surface area contributed by atoms with Gasteiger partial charge in [0.15, 0.2) is 6.10 Å². The average Bonchev–Trinajstić information content (AvgIpc) is 2.75. The normalized spacial score (nSPS) is 15.1. The first-order chi connectivity index (χ1) is 14.9. The number of hydrogen-bond acceptors (Lipinski definition) is 4. The van der Waals surface area contributed by atoms with Crippen LogP contribution in [0.4, 0.5) is 11.4 Å². The smallest absolute Gasteiger partial charge is 0.267 e. The Morgan fingerprint density at radius 1 is 1.13 bits per heavy atom. The first kappa shape index (κ1) is 22.3. The Morgan fingerprint density at radius 3 is 2.58 bits per heavy atom. The van der Waals surface area contributed by atoms with Crippen molar-refractivity contribution < 1.29 is 19.1 Å². The average molecular weight is 424 g/mol. The molecule has 1 aliphatic rings. The third kappa shape index (κ3) is 5.42. The summed E-state index contributed by atoms with van der Waals surface area (Å²) in [6.07, 6.45) is 0.265. The highest BCUT2D eigenvalue weighted by molar-refractivity contribution is 6.00. The van der Waals surface area contributed by atoms with E-state index >= 15 is 0 Å². The molecule has 0 saturated carbocycles. The van der Waals surface area contributed by atoms with Crippen LogP contribution in [-0.4, -0.2) is 48.4 Å². The Bertz CT molecular complexity index is 959. The Kier molecular flexibility index (Phi) is 7.28. The van der Waals surface area contributed by atoms with Gasteiger partial charge in [-0.1, -0.05) is 37.3 Å². The summed E-state index contributed by atoms with van der Waals surface area (Å²) in [6, 6.07) is 14.8. The molecular weight excluding hydrogens is 394 g/mol. The number of para-hydroxylation sites is 3. The maximum absolute atomic E-state index is 12.9. The number of ether oxygens (including phenoxy) is 1. The summed E-state index contributed by atoms with van der Waals surface area (Å²) in [6.45, 7) is 6.27. The number of fused-ring (bicyclic) bond motifs is 1. The van der Waals surface area contributed by atoms with E-state index in [1.165, 1.54) is 0 Å². The lowest BCUT2D eigenvalue weighted by molar-refractivity contribution is -0.134. The van der Waals surface area contributed by atoms with Crippen LogP contribution in [0.5, 0.6) is 5.75 Å². The van der Waals surface area contributed by atoms with E-state index in [-0.39, 0.29) is 37.2 Å². The number of rotatable bonds is 8. The number of benzene rings is 2. The molecule has 2 aromatic carbocycles. The monoisotopic (exact) mass is 423 g/mol. The Morgan fingerprint density at radius 2 is 1.84 bits per heavy atom. The standard InChI is InChI=1S/C24H29N3O4/c1-4-14-26(16-22(28)25-19-10-6-5-9-17(19)2)23(29)13-15-27-20-11-7-8-12-21(20)31-18(3)24(27)30/h5-12,18H,4,13-16H2,1-3H3,(H,25,28). The molecule has 0 aliphatic carbocycles. The molecule has 1 heterocycles. The van der Waals surface area contributed by atoms with Gasteiger partial charge in [-0.05, 0) is 44.0 Å². The van der Waals surface area contributed by atoms with Crippen molar-refractivity contribution in [3.05, 3.63) is 54.1 Å². The van der Waals surface area contributed by atoms with Crippen molar-refractivity contribution in [3.63, 3.8) is 0 Å². The van der Waals surface area contributed by atoms with E-state index in [0.29, 0.717) is 18.0 Å². The highest BCUT2D eigenvalue weighted by Gasteiger charge is 2.31. The predicted octanol–water partition coefficient (Wildman–Crippen LogP) is 3.38. The van der Waals surface area contributed by atoms with Crippen LogP contribution in [0, 0.1) is 6.92 Å². The molecule has 0 fully saturated rings. The van der Waals surface area contributed by atoms with Gasteiger partial charge < -0.3 is 19.9 Å². The van der Waals surface area contributed by atoms with Gasteiger partial charge in [-0.15, -0.1) is 0 Å². The molecule has 0 radical (unpaired) electrons. The lowest BCUT2D eigenvalue weighted by Crippen LogP contribution is -2.46. The summed E-state index contributed by atoms with van der Waals surface area (Å²) >= 11 is 0. The zero-order valence-corrected chi connectivity index (χ0v) is 18.3. The lowest BCUT2D eigenvalue weighted by Gasteiger charge is -2.33. The minimum atomic E-state index is -0.600. The van der Waals surface area contributed by atoms with E-state index in [0.717, 1.165) is 17.7 Å². The molecule has 0 aromatic heterocycles. The van der Waals surface area contributed by atoms with Crippen LogP contribution in [0.1, 0.15) is 32.3 Å². The van der Waals surface area contributed by atoms with Gasteiger partial charge in [0.1, 0.15) is 5.75 Å². The molecule has 0 spiro atoms. The number of nitrogens with one attached hydrogen (secondary N) is 1. The fourth-order valence-corrected chi connectivity index (χ4v) is 3.59. The summed E-state index contributed by atoms with van der Waals surface area (Å²) in [5.41, 5.74) is 2.36. The van der Waals surface area contributed by atoms with E-state index in [1.807, 2.05) is 62.4 Å². The van der Waals surface area contributed by atoms with E-state index in [4.69, 9.17) is 4.74 Å². The maximum Gasteiger partial charge on any atom is 0.267 e. The Labute approximate surface area is 183 Å². The molecule has 7 heteroatoms. The zero-order valence-electron chi connectivity index (χ0n) is 18.3. The van der Waals surface area contributed by atoms with E-state index in [9.17, 15) is 14.4 Å². The zero-order chi connectivity index (χ0) is 22.4. The summed E-state index contributed by atoms with van der Waals surface area (Å²) in [5, 5.41) is 2.87. The molecule has 1 N–H and O–H groups in total. The number of nitrogens with zero attached hydrogens (tertiary/aromatic N) is 2. The minimum Gasteiger partial charge on any atom is -0.479 e. The third-order valence-electron chi connectivity index (χ3n) is 5.22. The van der Waals surface area contributed by atoms with Gasteiger partial charge in [0.05, 0.1) is 12.2 Å². The van der Waals surface area contributed by atoms with Gasteiger partial charge in [-0.25, -0.2) is 0 Å².